The number of carboxylic acids is 1. The number of aromatic nitrogens is 1. The first kappa shape index (κ1) is 25.7. The first-order chi connectivity index (χ1) is 17.1. The zero-order valence-electron chi connectivity index (χ0n) is 21.3. The standard InChI is InChI=1S/C30H34FNO4/c1-30(2,3)17-27-23(25-15-22(35-4)10-12-26(25)31)11-13-28(32-27)36-18-19-6-5-7-21(14-19)24(16-29(33)34)20-8-9-20/h5-7,10-15,20,24H,8-9,16-18H2,1-4H3,(H,33,34)/p-1. The molecule has 3 aromatic rings. The van der Waals surface area contributed by atoms with Crippen molar-refractivity contribution in [3.63, 3.8) is 0 Å². The predicted molar refractivity (Wildman–Crippen MR) is 135 cm³/mol. The van der Waals surface area contributed by atoms with E-state index in [0.29, 0.717) is 41.7 Å². The molecular weight excluding hydrogens is 457 g/mol. The summed E-state index contributed by atoms with van der Waals surface area (Å²) in [6, 6.07) is 16.2. The number of carbonyl (C=O) groups is 1. The van der Waals surface area contributed by atoms with Crippen LogP contribution >= 0.6 is 0 Å². The normalized spacial score (nSPS) is 14.4. The Hall–Kier alpha value is -3.41. The fraction of sp³-hybridized carbons (Fsp3) is 0.400. The lowest BCUT2D eigenvalue weighted by Crippen LogP contribution is -2.25. The van der Waals surface area contributed by atoms with Gasteiger partial charge in [-0.05, 0) is 78.3 Å². The third kappa shape index (κ3) is 6.62. The summed E-state index contributed by atoms with van der Waals surface area (Å²) in [5.74, 6) is 0.0714. The van der Waals surface area contributed by atoms with Gasteiger partial charge in [-0.25, -0.2) is 9.37 Å². The molecule has 1 unspecified atom stereocenters. The number of aliphatic carboxylic acids is 1. The lowest BCUT2D eigenvalue weighted by molar-refractivity contribution is -0.306. The minimum absolute atomic E-state index is 0.0245. The van der Waals surface area contributed by atoms with Crippen molar-refractivity contribution < 1.29 is 23.8 Å². The number of ether oxygens (including phenoxy) is 2. The van der Waals surface area contributed by atoms with Crippen LogP contribution in [0.5, 0.6) is 11.6 Å². The molecule has 190 valence electrons. The lowest BCUT2D eigenvalue weighted by Gasteiger charge is -2.21. The molecule has 6 heteroatoms. The highest BCUT2D eigenvalue weighted by molar-refractivity contribution is 5.69. The van der Waals surface area contributed by atoms with Crippen LogP contribution < -0.4 is 14.6 Å². The fourth-order valence-electron chi connectivity index (χ4n) is 4.59. The van der Waals surface area contributed by atoms with E-state index in [1.54, 1.807) is 25.3 Å². The molecule has 0 spiro atoms. The molecular formula is C30H33FNO4-. The number of benzene rings is 2. The van der Waals surface area contributed by atoms with Crippen LogP contribution in [0.2, 0.25) is 0 Å². The van der Waals surface area contributed by atoms with Gasteiger partial charge < -0.3 is 19.4 Å². The van der Waals surface area contributed by atoms with Crippen LogP contribution in [-0.2, 0) is 17.8 Å². The van der Waals surface area contributed by atoms with Gasteiger partial charge in [0.15, 0.2) is 0 Å². The van der Waals surface area contributed by atoms with Crippen LogP contribution in [-0.4, -0.2) is 18.1 Å². The summed E-state index contributed by atoms with van der Waals surface area (Å²) >= 11 is 0. The van der Waals surface area contributed by atoms with Gasteiger partial charge >= 0.3 is 0 Å². The molecule has 0 N–H and O–H groups in total. The molecule has 0 radical (unpaired) electrons. The fourth-order valence-corrected chi connectivity index (χ4v) is 4.59. The molecule has 1 heterocycles. The maximum absolute atomic E-state index is 14.8. The van der Waals surface area contributed by atoms with Gasteiger partial charge in [0.1, 0.15) is 18.2 Å². The number of carboxylic acid groups (broad SMARTS) is 1. The summed E-state index contributed by atoms with van der Waals surface area (Å²) in [6.07, 6.45) is 2.78. The number of rotatable bonds is 10. The summed E-state index contributed by atoms with van der Waals surface area (Å²) in [4.78, 5) is 16.0. The maximum Gasteiger partial charge on any atom is 0.213 e. The van der Waals surface area contributed by atoms with Gasteiger partial charge in [0.25, 0.3) is 0 Å². The molecule has 1 aliphatic carbocycles. The molecule has 0 saturated heterocycles. The second-order valence-corrected chi connectivity index (χ2v) is 10.8. The van der Waals surface area contributed by atoms with E-state index in [1.165, 1.54) is 6.07 Å². The van der Waals surface area contributed by atoms with E-state index < -0.39 is 5.97 Å². The number of halogens is 1. The highest BCUT2D eigenvalue weighted by Crippen LogP contribution is 2.44. The molecule has 2 aromatic carbocycles. The van der Waals surface area contributed by atoms with Crippen LogP contribution in [0.4, 0.5) is 4.39 Å². The number of hydrogen-bond donors (Lipinski definition) is 0. The maximum atomic E-state index is 14.8. The van der Waals surface area contributed by atoms with Gasteiger partial charge in [0.05, 0.1) is 12.8 Å². The molecule has 1 atom stereocenters. The highest BCUT2D eigenvalue weighted by atomic mass is 19.1. The number of pyridine rings is 1. The van der Waals surface area contributed by atoms with E-state index in [2.05, 4.69) is 20.8 Å². The number of nitrogens with zero attached hydrogens (tertiary/aromatic N) is 1. The second-order valence-electron chi connectivity index (χ2n) is 10.8. The van der Waals surface area contributed by atoms with Crippen molar-refractivity contribution in [3.8, 4) is 22.8 Å². The molecule has 0 aliphatic heterocycles. The van der Waals surface area contributed by atoms with E-state index in [-0.39, 0.29) is 23.6 Å². The minimum atomic E-state index is -1.02. The summed E-state index contributed by atoms with van der Waals surface area (Å²) < 4.78 is 26.1. The Labute approximate surface area is 212 Å². The zero-order valence-corrected chi connectivity index (χ0v) is 21.3. The van der Waals surface area contributed by atoms with Crippen molar-refractivity contribution in [2.75, 3.05) is 7.11 Å². The SMILES string of the molecule is COc1ccc(F)c(-c2ccc(OCc3cccc(C(CC(=O)[O-])C4CC4)c3)nc2CC(C)(C)C)c1. The Bertz CT molecular complexity index is 1230. The van der Waals surface area contributed by atoms with Crippen LogP contribution in [0.3, 0.4) is 0 Å². The molecule has 1 aliphatic rings. The average molecular weight is 491 g/mol. The van der Waals surface area contributed by atoms with Crippen molar-refractivity contribution in [3.05, 3.63) is 77.2 Å². The van der Waals surface area contributed by atoms with Crippen LogP contribution in [0.25, 0.3) is 11.1 Å². The van der Waals surface area contributed by atoms with Crippen molar-refractivity contribution in [2.45, 2.75) is 59.0 Å². The molecule has 1 fully saturated rings. The number of methoxy groups -OCH3 is 1. The summed E-state index contributed by atoms with van der Waals surface area (Å²) in [7, 11) is 1.56. The van der Waals surface area contributed by atoms with Gasteiger partial charge in [-0.15, -0.1) is 0 Å². The summed E-state index contributed by atoms with van der Waals surface area (Å²) in [5, 5.41) is 11.3. The third-order valence-electron chi connectivity index (χ3n) is 6.45. The Morgan fingerprint density at radius 2 is 1.89 bits per heavy atom. The van der Waals surface area contributed by atoms with Gasteiger partial charge in [-0.3, -0.25) is 0 Å². The van der Waals surface area contributed by atoms with E-state index >= 15 is 0 Å². The smallest absolute Gasteiger partial charge is 0.213 e. The van der Waals surface area contributed by atoms with E-state index in [0.717, 1.165) is 29.7 Å². The number of carbonyl (C=O) groups excluding carboxylic acids is 1. The Morgan fingerprint density at radius 3 is 2.56 bits per heavy atom. The lowest BCUT2D eigenvalue weighted by atomic mass is 9.87. The van der Waals surface area contributed by atoms with E-state index in [4.69, 9.17) is 14.5 Å². The first-order valence-electron chi connectivity index (χ1n) is 12.4. The van der Waals surface area contributed by atoms with Crippen molar-refractivity contribution in [1.82, 2.24) is 4.98 Å². The largest absolute Gasteiger partial charge is 0.550 e. The Balaban J connectivity index is 1.57. The second kappa shape index (κ2) is 10.7. The third-order valence-corrected chi connectivity index (χ3v) is 6.45. The number of hydrogen-bond acceptors (Lipinski definition) is 5. The van der Waals surface area contributed by atoms with E-state index in [9.17, 15) is 14.3 Å². The first-order valence-corrected chi connectivity index (χ1v) is 12.4. The summed E-state index contributed by atoms with van der Waals surface area (Å²) in [5.41, 5.74) is 3.79. The van der Waals surface area contributed by atoms with Crippen molar-refractivity contribution in [1.29, 1.82) is 0 Å². The molecule has 0 bridgehead atoms. The van der Waals surface area contributed by atoms with Crippen LogP contribution in [0.15, 0.2) is 54.6 Å². The van der Waals surface area contributed by atoms with Gasteiger partial charge in [-0.2, -0.15) is 0 Å². The monoisotopic (exact) mass is 490 g/mol. The zero-order chi connectivity index (χ0) is 25.9. The molecule has 1 saturated carbocycles. The van der Waals surface area contributed by atoms with Crippen molar-refractivity contribution >= 4 is 5.97 Å². The van der Waals surface area contributed by atoms with Gasteiger partial charge in [0, 0.05) is 23.2 Å². The van der Waals surface area contributed by atoms with Crippen LogP contribution in [0.1, 0.15) is 62.8 Å². The van der Waals surface area contributed by atoms with E-state index in [1.807, 2.05) is 30.3 Å². The Morgan fingerprint density at radius 1 is 1.11 bits per heavy atom. The molecule has 1 aromatic heterocycles. The minimum Gasteiger partial charge on any atom is -0.550 e. The molecule has 0 amide bonds. The predicted octanol–water partition coefficient (Wildman–Crippen LogP) is 5.70. The molecule has 36 heavy (non-hydrogen) atoms. The average Bonchev–Trinajstić information content (AvgIpc) is 3.66. The van der Waals surface area contributed by atoms with Gasteiger partial charge in [-0.1, -0.05) is 45.0 Å². The van der Waals surface area contributed by atoms with Crippen molar-refractivity contribution in [2.24, 2.45) is 11.3 Å². The summed E-state index contributed by atoms with van der Waals surface area (Å²) in [6.45, 7) is 6.64. The quantitative estimate of drug-likeness (QED) is 0.365. The molecule has 4 rings (SSSR count). The molecule has 5 nitrogen and oxygen atoms in total. The van der Waals surface area contributed by atoms with Gasteiger partial charge in [0.2, 0.25) is 5.88 Å². The highest BCUT2D eigenvalue weighted by Gasteiger charge is 2.32. The topological polar surface area (TPSA) is 71.5 Å². The Kier molecular flexibility index (Phi) is 7.62. The van der Waals surface area contributed by atoms with Crippen LogP contribution in [0, 0.1) is 17.2 Å².